The highest BCUT2D eigenvalue weighted by Crippen LogP contribution is 2.38. The van der Waals surface area contributed by atoms with Crippen molar-refractivity contribution in [1.82, 2.24) is 9.13 Å². The lowest BCUT2D eigenvalue weighted by Crippen LogP contribution is -2.43. The van der Waals surface area contributed by atoms with Gasteiger partial charge in [-0.25, -0.2) is 13.8 Å². The van der Waals surface area contributed by atoms with E-state index in [1.54, 1.807) is 6.07 Å². The minimum atomic E-state index is -4.84. The second kappa shape index (κ2) is 8.90. The van der Waals surface area contributed by atoms with Gasteiger partial charge in [0.1, 0.15) is 24.1 Å². The predicted octanol–water partition coefficient (Wildman–Crippen LogP) is -0.880. The van der Waals surface area contributed by atoms with Crippen LogP contribution >= 0.6 is 7.82 Å². The van der Waals surface area contributed by atoms with Crippen molar-refractivity contribution in [3.8, 4) is 0 Å². The Bertz CT molecular complexity index is 1070. The zero-order chi connectivity index (χ0) is 22.1. The highest BCUT2D eigenvalue weighted by Gasteiger charge is 2.45. The Labute approximate surface area is 168 Å². The van der Waals surface area contributed by atoms with Crippen LogP contribution in [0.15, 0.2) is 46.1 Å². The van der Waals surface area contributed by atoms with Crippen molar-refractivity contribution >= 4 is 7.82 Å². The van der Waals surface area contributed by atoms with Crippen molar-refractivity contribution in [3.05, 3.63) is 68.7 Å². The van der Waals surface area contributed by atoms with Gasteiger partial charge in [-0.15, -0.1) is 0 Å². The molecule has 11 nitrogen and oxygen atoms in total. The lowest BCUT2D eigenvalue weighted by molar-refractivity contribution is -0.0548. The highest BCUT2D eigenvalue weighted by atomic mass is 31.2. The van der Waals surface area contributed by atoms with Crippen LogP contribution in [0.3, 0.4) is 0 Å². The number of aryl methyl sites for hydroxylation is 1. The first-order chi connectivity index (χ1) is 14.1. The van der Waals surface area contributed by atoms with Crippen molar-refractivity contribution in [3.63, 3.8) is 0 Å². The van der Waals surface area contributed by atoms with E-state index in [1.807, 2.05) is 0 Å². The number of hydrogen-bond acceptors (Lipinski definition) is 7. The van der Waals surface area contributed by atoms with Gasteiger partial charge >= 0.3 is 13.5 Å². The molecular formula is C17H20FN2O9P. The van der Waals surface area contributed by atoms with Crippen LogP contribution in [-0.2, 0) is 26.8 Å². The molecule has 0 spiro atoms. The van der Waals surface area contributed by atoms with Crippen LogP contribution in [0.4, 0.5) is 4.39 Å². The van der Waals surface area contributed by atoms with Crippen molar-refractivity contribution in [2.24, 2.45) is 0 Å². The SMILES string of the molecule is O=c1ccn([C@@H]2O[C@H](COP(=O)(O)O)[C@H](O)C2O)c(=O)n1CCc1cccc(F)c1. The number of phosphoric acid groups is 1. The van der Waals surface area contributed by atoms with Crippen molar-refractivity contribution in [2.45, 2.75) is 37.5 Å². The minimum Gasteiger partial charge on any atom is -0.387 e. The number of aliphatic hydroxyl groups excluding tert-OH is 2. The standard InChI is InChI=1S/C17H20FN2O9P/c18-11-3-1-2-10(8-11)4-6-19-13(21)5-7-20(17(19)24)16-15(23)14(22)12(29-16)9-28-30(25,26)27/h1-3,5,7-8,12,14-16,22-23H,4,6,9H2,(H2,25,26,27)/t12-,14+,15?,16-/m1/s1. The average Bonchev–Trinajstić information content (AvgIpc) is 2.94. The molecule has 3 rings (SSSR count). The molecule has 0 bridgehead atoms. The van der Waals surface area contributed by atoms with Crippen LogP contribution < -0.4 is 11.2 Å². The fourth-order valence-electron chi connectivity index (χ4n) is 3.13. The van der Waals surface area contributed by atoms with E-state index < -0.39 is 56.0 Å². The molecular weight excluding hydrogens is 426 g/mol. The number of ether oxygens (including phenoxy) is 1. The molecule has 164 valence electrons. The Hall–Kier alpha value is -2.18. The maximum absolute atomic E-state index is 13.3. The van der Waals surface area contributed by atoms with Gasteiger partial charge in [-0.1, -0.05) is 12.1 Å². The maximum Gasteiger partial charge on any atom is 0.469 e. The molecule has 1 aliphatic rings. The summed E-state index contributed by atoms with van der Waals surface area (Å²) in [6, 6.07) is 6.75. The quantitative estimate of drug-likeness (QED) is 0.396. The Morgan fingerprint density at radius 2 is 1.90 bits per heavy atom. The minimum absolute atomic E-state index is 0.0714. The summed E-state index contributed by atoms with van der Waals surface area (Å²) < 4.78 is 35.5. The summed E-state index contributed by atoms with van der Waals surface area (Å²) in [6.07, 6.45) is -4.69. The van der Waals surface area contributed by atoms with Gasteiger partial charge in [0.15, 0.2) is 6.23 Å². The zero-order valence-electron chi connectivity index (χ0n) is 15.4. The number of rotatable bonds is 7. The van der Waals surface area contributed by atoms with Crippen LogP contribution in [0.5, 0.6) is 0 Å². The average molecular weight is 446 g/mol. The molecule has 1 saturated heterocycles. The molecule has 0 saturated carbocycles. The molecule has 2 heterocycles. The number of aromatic nitrogens is 2. The van der Waals surface area contributed by atoms with E-state index in [9.17, 15) is 28.8 Å². The maximum atomic E-state index is 13.3. The van der Waals surface area contributed by atoms with Gasteiger partial charge in [-0.2, -0.15) is 0 Å². The molecule has 1 aromatic heterocycles. The van der Waals surface area contributed by atoms with Gasteiger partial charge in [0.05, 0.1) is 6.61 Å². The number of nitrogens with zero attached hydrogens (tertiary/aromatic N) is 2. The van der Waals surface area contributed by atoms with Crippen LogP contribution in [-0.4, -0.2) is 54.1 Å². The molecule has 0 radical (unpaired) electrons. The monoisotopic (exact) mass is 446 g/mol. The second-order valence-electron chi connectivity index (χ2n) is 6.71. The van der Waals surface area contributed by atoms with Crippen molar-refractivity contribution in [2.75, 3.05) is 6.61 Å². The summed E-state index contributed by atoms with van der Waals surface area (Å²) in [5.74, 6) is -0.453. The van der Waals surface area contributed by atoms with Gasteiger partial charge in [-0.05, 0) is 24.1 Å². The summed E-state index contributed by atoms with van der Waals surface area (Å²) in [6.45, 7) is -0.801. The molecule has 0 aliphatic carbocycles. The van der Waals surface area contributed by atoms with Crippen LogP contribution in [0.1, 0.15) is 11.8 Å². The summed E-state index contributed by atoms with van der Waals surface area (Å²) in [7, 11) is -4.84. The molecule has 13 heteroatoms. The highest BCUT2D eigenvalue weighted by molar-refractivity contribution is 7.46. The van der Waals surface area contributed by atoms with E-state index >= 15 is 0 Å². The van der Waals surface area contributed by atoms with Crippen LogP contribution in [0.2, 0.25) is 0 Å². The molecule has 1 aliphatic heterocycles. The zero-order valence-corrected chi connectivity index (χ0v) is 16.3. The lowest BCUT2D eigenvalue weighted by Gasteiger charge is -2.18. The first-order valence-corrected chi connectivity index (χ1v) is 10.4. The molecule has 1 unspecified atom stereocenters. The smallest absolute Gasteiger partial charge is 0.387 e. The number of halogens is 1. The fourth-order valence-corrected chi connectivity index (χ4v) is 3.47. The Morgan fingerprint density at radius 1 is 1.17 bits per heavy atom. The molecule has 30 heavy (non-hydrogen) atoms. The molecule has 1 aromatic carbocycles. The predicted molar refractivity (Wildman–Crippen MR) is 99.0 cm³/mol. The molecule has 1 fully saturated rings. The number of phosphoric ester groups is 1. The first kappa shape index (κ1) is 22.5. The third kappa shape index (κ3) is 5.10. The van der Waals surface area contributed by atoms with Crippen molar-refractivity contribution < 1.29 is 38.2 Å². The van der Waals surface area contributed by atoms with E-state index in [1.165, 1.54) is 18.2 Å². The van der Waals surface area contributed by atoms with Gasteiger partial charge in [0.25, 0.3) is 5.56 Å². The Kier molecular flexibility index (Phi) is 6.68. The normalized spacial score (nSPS) is 24.3. The first-order valence-electron chi connectivity index (χ1n) is 8.85. The number of benzene rings is 1. The number of aliphatic hydroxyl groups is 2. The van der Waals surface area contributed by atoms with E-state index in [0.717, 1.165) is 21.4 Å². The topological polar surface area (TPSA) is 160 Å². The van der Waals surface area contributed by atoms with Gasteiger partial charge in [-0.3, -0.25) is 18.5 Å². The molecule has 2 aromatic rings. The van der Waals surface area contributed by atoms with Gasteiger partial charge in [0.2, 0.25) is 0 Å². The summed E-state index contributed by atoms with van der Waals surface area (Å²) >= 11 is 0. The Morgan fingerprint density at radius 3 is 2.57 bits per heavy atom. The third-order valence-corrected chi connectivity index (χ3v) is 5.11. The van der Waals surface area contributed by atoms with Crippen LogP contribution in [0.25, 0.3) is 0 Å². The van der Waals surface area contributed by atoms with Gasteiger partial charge in [0, 0.05) is 18.8 Å². The molecule has 4 atom stereocenters. The van der Waals surface area contributed by atoms with E-state index in [4.69, 9.17) is 14.5 Å². The fraction of sp³-hybridized carbons (Fsp3) is 0.412. The van der Waals surface area contributed by atoms with E-state index in [-0.39, 0.29) is 13.0 Å². The largest absolute Gasteiger partial charge is 0.469 e. The lowest BCUT2D eigenvalue weighted by atomic mass is 10.1. The van der Waals surface area contributed by atoms with Crippen molar-refractivity contribution in [1.29, 1.82) is 0 Å². The number of hydrogen-bond donors (Lipinski definition) is 4. The summed E-state index contributed by atoms with van der Waals surface area (Å²) in [5.41, 5.74) is -0.896. The van der Waals surface area contributed by atoms with E-state index in [0.29, 0.717) is 5.56 Å². The second-order valence-corrected chi connectivity index (χ2v) is 7.95. The van der Waals surface area contributed by atoms with Crippen LogP contribution in [0, 0.1) is 5.82 Å². The van der Waals surface area contributed by atoms with E-state index in [2.05, 4.69) is 4.52 Å². The third-order valence-electron chi connectivity index (χ3n) is 4.63. The Balaban J connectivity index is 1.81. The summed E-state index contributed by atoms with van der Waals surface area (Å²) in [4.78, 5) is 42.4. The van der Waals surface area contributed by atoms with Gasteiger partial charge < -0.3 is 24.7 Å². The molecule has 4 N–H and O–H groups in total. The molecule has 0 amide bonds. The summed E-state index contributed by atoms with van der Waals surface area (Å²) in [5, 5.41) is 20.3.